The number of hydrogen-bond donors (Lipinski definition) is 4. The maximum atomic E-state index is 12.8. The number of fused-ring (bicyclic) bond motifs is 1. The minimum Gasteiger partial charge on any atom is -0.491 e. The lowest BCUT2D eigenvalue weighted by atomic mass is 9.95. The number of aryl methyl sites for hydroxylation is 1. The lowest BCUT2D eigenvalue weighted by molar-refractivity contribution is -0.138. The van der Waals surface area contributed by atoms with E-state index in [-0.39, 0.29) is 25.3 Å². The Morgan fingerprint density at radius 1 is 0.825 bits per heavy atom. The predicted octanol–water partition coefficient (Wildman–Crippen LogP) is 5.61. The standard InChI is InChI=1S/C41H51N7O9/c1-30-14-16-44-38(27-30)43-15-4-7-39(49)45-29-40(50)47-36(28-41(51)52)32-10-8-31(9-11-32)33-12-13-37(35-6-3-2-5-34(33)35)57-26-25-56-24-23-55-22-21-54-20-19-53-18-17-46-48-42/h2-3,5-6,8-14,16,27,36H,4,7,15,17-26,28-29H2,1H3,(H,43,44)(H,45,49)(H,47,50)(H,51,52)/t36-/m0/s1. The maximum Gasteiger partial charge on any atom is 0.305 e. The summed E-state index contributed by atoms with van der Waals surface area (Å²) in [6, 6.07) is 22.2. The van der Waals surface area contributed by atoms with E-state index < -0.39 is 17.9 Å². The van der Waals surface area contributed by atoms with E-state index in [0.29, 0.717) is 84.5 Å². The highest BCUT2D eigenvalue weighted by Gasteiger charge is 2.19. The monoisotopic (exact) mass is 785 g/mol. The van der Waals surface area contributed by atoms with Crippen LogP contribution in [0.15, 0.2) is 84.1 Å². The van der Waals surface area contributed by atoms with Crippen LogP contribution < -0.4 is 20.7 Å². The van der Waals surface area contributed by atoms with Gasteiger partial charge in [0.2, 0.25) is 11.8 Å². The van der Waals surface area contributed by atoms with Gasteiger partial charge in [-0.2, -0.15) is 0 Å². The number of aromatic nitrogens is 1. The summed E-state index contributed by atoms with van der Waals surface area (Å²) in [5.74, 6) is -0.368. The van der Waals surface area contributed by atoms with Crippen LogP contribution in [-0.2, 0) is 33.3 Å². The number of nitrogens with zero attached hydrogens (tertiary/aromatic N) is 4. The number of carbonyl (C=O) groups excluding carboxylic acids is 2. The number of anilines is 1. The van der Waals surface area contributed by atoms with Crippen molar-refractivity contribution in [2.45, 2.75) is 32.2 Å². The molecule has 0 saturated carbocycles. The van der Waals surface area contributed by atoms with E-state index in [9.17, 15) is 19.5 Å². The molecule has 1 atom stereocenters. The second-order valence-corrected chi connectivity index (χ2v) is 12.8. The highest BCUT2D eigenvalue weighted by molar-refractivity contribution is 6.00. The fourth-order valence-electron chi connectivity index (χ4n) is 5.70. The molecule has 4 rings (SSSR count). The van der Waals surface area contributed by atoms with Crippen LogP contribution in [0, 0.1) is 6.92 Å². The Balaban J connectivity index is 1.19. The molecule has 0 unspecified atom stereocenters. The molecule has 0 aliphatic rings. The molecule has 4 N–H and O–H groups in total. The number of hydrogen-bond acceptors (Lipinski definition) is 11. The number of benzene rings is 3. The van der Waals surface area contributed by atoms with Gasteiger partial charge >= 0.3 is 5.97 Å². The van der Waals surface area contributed by atoms with Crippen LogP contribution in [-0.4, -0.2) is 107 Å². The zero-order chi connectivity index (χ0) is 40.5. The largest absolute Gasteiger partial charge is 0.491 e. The van der Waals surface area contributed by atoms with Gasteiger partial charge in [0.05, 0.1) is 71.9 Å². The fourth-order valence-corrected chi connectivity index (χ4v) is 5.70. The van der Waals surface area contributed by atoms with Crippen molar-refractivity contribution in [2.75, 3.05) is 84.4 Å². The number of carboxylic acid groups (broad SMARTS) is 1. The predicted molar refractivity (Wildman–Crippen MR) is 215 cm³/mol. The van der Waals surface area contributed by atoms with Gasteiger partial charge in [-0.25, -0.2) is 4.98 Å². The molecule has 1 aromatic heterocycles. The molecule has 304 valence electrons. The third-order valence-electron chi connectivity index (χ3n) is 8.47. The number of rotatable bonds is 28. The van der Waals surface area contributed by atoms with Gasteiger partial charge < -0.3 is 44.7 Å². The number of azide groups is 1. The molecular formula is C41H51N7O9. The molecule has 3 aromatic carbocycles. The van der Waals surface area contributed by atoms with E-state index in [2.05, 4.69) is 31.0 Å². The second kappa shape index (κ2) is 25.4. The SMILES string of the molecule is Cc1ccnc(NCCCC(=O)NCC(=O)N[C@@H](CC(=O)O)c2ccc(-c3ccc(OCCOCCOCCOCCOCCN=[N+]=[N-])c4ccccc34)cc2)c1. The fraction of sp³-hybridized carbons (Fsp3) is 0.415. The van der Waals surface area contributed by atoms with Crippen molar-refractivity contribution in [3.05, 3.63) is 101 Å². The van der Waals surface area contributed by atoms with Crippen LogP contribution in [0.4, 0.5) is 5.82 Å². The van der Waals surface area contributed by atoms with Gasteiger partial charge in [0, 0.05) is 36.0 Å². The Bertz CT molecular complexity index is 1910. The molecule has 16 nitrogen and oxygen atoms in total. The summed E-state index contributed by atoms with van der Waals surface area (Å²) < 4.78 is 27.9. The Kier molecular flexibility index (Phi) is 19.6. The zero-order valence-electron chi connectivity index (χ0n) is 32.2. The summed E-state index contributed by atoms with van der Waals surface area (Å²) >= 11 is 0. The van der Waals surface area contributed by atoms with Crippen molar-refractivity contribution < 1.29 is 43.2 Å². The summed E-state index contributed by atoms with van der Waals surface area (Å²) in [6.45, 7) is 6.25. The first kappa shape index (κ1) is 44.0. The van der Waals surface area contributed by atoms with E-state index in [1.807, 2.05) is 67.6 Å². The molecule has 0 bridgehead atoms. The van der Waals surface area contributed by atoms with E-state index in [1.165, 1.54) is 0 Å². The molecule has 16 heteroatoms. The van der Waals surface area contributed by atoms with Crippen molar-refractivity contribution in [1.29, 1.82) is 0 Å². The topological polar surface area (TPSA) is 215 Å². The minimum atomic E-state index is -1.06. The molecule has 2 amide bonds. The van der Waals surface area contributed by atoms with Gasteiger partial charge in [0.25, 0.3) is 0 Å². The van der Waals surface area contributed by atoms with Gasteiger partial charge in [-0.15, -0.1) is 0 Å². The van der Waals surface area contributed by atoms with Gasteiger partial charge in [-0.3, -0.25) is 14.4 Å². The van der Waals surface area contributed by atoms with Gasteiger partial charge in [0.1, 0.15) is 18.2 Å². The van der Waals surface area contributed by atoms with Gasteiger partial charge in [0.15, 0.2) is 0 Å². The Morgan fingerprint density at radius 3 is 2.16 bits per heavy atom. The van der Waals surface area contributed by atoms with Crippen LogP contribution in [0.3, 0.4) is 0 Å². The lowest BCUT2D eigenvalue weighted by Gasteiger charge is -2.19. The third-order valence-corrected chi connectivity index (χ3v) is 8.47. The lowest BCUT2D eigenvalue weighted by Crippen LogP contribution is -2.39. The first-order chi connectivity index (χ1) is 27.8. The number of carboxylic acids is 1. The molecule has 0 radical (unpaired) electrons. The number of nitrogens with one attached hydrogen (secondary N) is 3. The molecule has 0 fully saturated rings. The van der Waals surface area contributed by atoms with Crippen LogP contribution in [0.25, 0.3) is 32.3 Å². The summed E-state index contributed by atoms with van der Waals surface area (Å²) in [5, 5.41) is 23.4. The van der Waals surface area contributed by atoms with E-state index in [1.54, 1.807) is 18.3 Å². The Morgan fingerprint density at radius 2 is 1.49 bits per heavy atom. The molecule has 57 heavy (non-hydrogen) atoms. The highest BCUT2D eigenvalue weighted by atomic mass is 16.6. The molecule has 1 heterocycles. The van der Waals surface area contributed by atoms with Crippen molar-refractivity contribution in [1.82, 2.24) is 15.6 Å². The van der Waals surface area contributed by atoms with Crippen LogP contribution in [0.2, 0.25) is 0 Å². The zero-order valence-corrected chi connectivity index (χ0v) is 32.2. The number of aliphatic carboxylic acids is 1. The quantitative estimate of drug-likeness (QED) is 0.0240. The first-order valence-corrected chi connectivity index (χ1v) is 18.8. The van der Waals surface area contributed by atoms with Crippen LogP contribution >= 0.6 is 0 Å². The summed E-state index contributed by atoms with van der Waals surface area (Å²) in [5.41, 5.74) is 11.8. The van der Waals surface area contributed by atoms with Crippen LogP contribution in [0.1, 0.15) is 36.4 Å². The van der Waals surface area contributed by atoms with E-state index >= 15 is 0 Å². The van der Waals surface area contributed by atoms with Crippen molar-refractivity contribution in [3.8, 4) is 16.9 Å². The maximum absolute atomic E-state index is 12.8. The molecule has 4 aromatic rings. The Hall–Kier alpha value is -5.77. The van der Waals surface area contributed by atoms with Gasteiger partial charge in [-0.1, -0.05) is 59.7 Å². The number of ether oxygens (including phenoxy) is 5. The third kappa shape index (κ3) is 16.5. The molecule has 0 aliphatic heterocycles. The Labute approximate surface area is 331 Å². The minimum absolute atomic E-state index is 0.221. The molecule has 0 spiro atoms. The number of pyridine rings is 1. The van der Waals surface area contributed by atoms with Crippen molar-refractivity contribution in [2.24, 2.45) is 5.11 Å². The number of amides is 2. The number of carbonyl (C=O) groups is 3. The van der Waals surface area contributed by atoms with E-state index in [4.69, 9.17) is 29.2 Å². The van der Waals surface area contributed by atoms with Gasteiger partial charge in [-0.05, 0) is 64.7 Å². The van der Waals surface area contributed by atoms with Crippen LogP contribution in [0.5, 0.6) is 5.75 Å². The summed E-state index contributed by atoms with van der Waals surface area (Å²) in [6.07, 6.45) is 2.17. The average Bonchev–Trinajstić information content (AvgIpc) is 3.21. The highest BCUT2D eigenvalue weighted by Crippen LogP contribution is 2.35. The van der Waals surface area contributed by atoms with Crippen molar-refractivity contribution >= 4 is 34.4 Å². The van der Waals surface area contributed by atoms with E-state index in [0.717, 1.165) is 39.0 Å². The second-order valence-electron chi connectivity index (χ2n) is 12.8. The molecule has 0 aliphatic carbocycles. The first-order valence-electron chi connectivity index (χ1n) is 18.8. The molecular weight excluding hydrogens is 734 g/mol. The smallest absolute Gasteiger partial charge is 0.305 e. The summed E-state index contributed by atoms with van der Waals surface area (Å²) in [7, 11) is 0. The summed E-state index contributed by atoms with van der Waals surface area (Å²) in [4.78, 5) is 43.7. The normalized spacial score (nSPS) is 11.4. The van der Waals surface area contributed by atoms with Crippen molar-refractivity contribution in [3.63, 3.8) is 0 Å². The molecule has 0 saturated heterocycles. The average molecular weight is 786 g/mol.